The summed E-state index contributed by atoms with van der Waals surface area (Å²) >= 11 is 0.972. The van der Waals surface area contributed by atoms with Crippen molar-refractivity contribution in [2.45, 2.75) is 0 Å². The molecule has 3 amide bonds. The predicted octanol–water partition coefficient (Wildman–Crippen LogP) is 0.886. The van der Waals surface area contributed by atoms with Gasteiger partial charge in [0.1, 0.15) is 11.5 Å². The molecule has 0 spiro atoms. The zero-order valence-corrected chi connectivity index (χ0v) is 12.9. The fourth-order valence-corrected chi connectivity index (χ4v) is 2.55. The summed E-state index contributed by atoms with van der Waals surface area (Å²) in [5.74, 6) is 0.787. The van der Waals surface area contributed by atoms with E-state index in [0.29, 0.717) is 11.5 Å². The number of nitrogens with one attached hydrogen (secondary N) is 1. The summed E-state index contributed by atoms with van der Waals surface area (Å²) in [6, 6.07) is 6.92. The zero-order chi connectivity index (χ0) is 15.9. The first kappa shape index (κ1) is 16.2. The van der Waals surface area contributed by atoms with Gasteiger partial charge >= 0.3 is 0 Å². The molecule has 8 heteroatoms. The van der Waals surface area contributed by atoms with Crippen LogP contribution in [-0.4, -0.2) is 54.5 Å². The summed E-state index contributed by atoms with van der Waals surface area (Å²) < 4.78 is 10.4. The van der Waals surface area contributed by atoms with Gasteiger partial charge in [-0.05, 0) is 12.1 Å². The Hall–Kier alpha value is -2.22. The Balaban J connectivity index is 1.69. The van der Waals surface area contributed by atoms with Gasteiger partial charge in [-0.2, -0.15) is 0 Å². The Kier molecular flexibility index (Phi) is 5.65. The van der Waals surface area contributed by atoms with E-state index < -0.39 is 0 Å². The summed E-state index contributed by atoms with van der Waals surface area (Å²) in [7, 11) is 1.55. The van der Waals surface area contributed by atoms with E-state index in [1.807, 2.05) is 0 Å². The van der Waals surface area contributed by atoms with Crippen molar-refractivity contribution in [2.75, 3.05) is 32.6 Å². The number of carbonyl (C=O) groups excluding carboxylic acids is 3. The molecular weight excluding hydrogens is 308 g/mol. The van der Waals surface area contributed by atoms with Crippen LogP contribution in [0.25, 0.3) is 0 Å². The van der Waals surface area contributed by atoms with Crippen LogP contribution in [0, 0.1) is 0 Å². The molecule has 1 heterocycles. The highest BCUT2D eigenvalue weighted by Crippen LogP contribution is 2.19. The van der Waals surface area contributed by atoms with Crippen molar-refractivity contribution in [1.29, 1.82) is 0 Å². The first-order chi connectivity index (χ1) is 10.6. The Labute approximate surface area is 131 Å². The SMILES string of the molecule is COc1cccc(OCC(=O)NCCN2C(=O)CSC2=O)c1. The van der Waals surface area contributed by atoms with Crippen LogP contribution in [0.1, 0.15) is 0 Å². The van der Waals surface area contributed by atoms with Gasteiger partial charge < -0.3 is 14.8 Å². The molecule has 1 N–H and O–H groups in total. The fraction of sp³-hybridized carbons (Fsp3) is 0.357. The van der Waals surface area contributed by atoms with Gasteiger partial charge in [-0.3, -0.25) is 19.3 Å². The van der Waals surface area contributed by atoms with E-state index >= 15 is 0 Å². The molecule has 0 radical (unpaired) electrons. The first-order valence-electron chi connectivity index (χ1n) is 6.61. The number of nitrogens with zero attached hydrogens (tertiary/aromatic N) is 1. The quantitative estimate of drug-likeness (QED) is 0.802. The van der Waals surface area contributed by atoms with Gasteiger partial charge in [-0.25, -0.2) is 0 Å². The number of hydrogen-bond donors (Lipinski definition) is 1. The third kappa shape index (κ3) is 4.39. The van der Waals surface area contributed by atoms with Crippen molar-refractivity contribution >= 4 is 28.8 Å². The van der Waals surface area contributed by atoms with E-state index in [0.717, 1.165) is 16.7 Å². The Bertz CT molecular complexity index is 562. The minimum Gasteiger partial charge on any atom is -0.497 e. The monoisotopic (exact) mass is 324 g/mol. The Morgan fingerprint density at radius 3 is 2.82 bits per heavy atom. The molecule has 22 heavy (non-hydrogen) atoms. The van der Waals surface area contributed by atoms with Crippen LogP contribution < -0.4 is 14.8 Å². The van der Waals surface area contributed by atoms with Crippen LogP contribution in [0.4, 0.5) is 4.79 Å². The van der Waals surface area contributed by atoms with Crippen molar-refractivity contribution in [3.63, 3.8) is 0 Å². The van der Waals surface area contributed by atoms with E-state index in [2.05, 4.69) is 5.32 Å². The number of methoxy groups -OCH3 is 1. The van der Waals surface area contributed by atoms with Gasteiger partial charge in [-0.1, -0.05) is 17.8 Å². The summed E-state index contributed by atoms with van der Waals surface area (Å²) in [6.45, 7) is 0.234. The molecule has 2 rings (SSSR count). The van der Waals surface area contributed by atoms with Gasteiger partial charge in [0.15, 0.2) is 6.61 Å². The molecule has 7 nitrogen and oxygen atoms in total. The lowest BCUT2D eigenvalue weighted by Crippen LogP contribution is -2.38. The normalized spacial score (nSPS) is 14.1. The maximum absolute atomic E-state index is 11.6. The molecule has 0 bridgehead atoms. The van der Waals surface area contributed by atoms with Crippen molar-refractivity contribution in [2.24, 2.45) is 0 Å². The Morgan fingerprint density at radius 1 is 1.36 bits per heavy atom. The number of imide groups is 1. The first-order valence-corrected chi connectivity index (χ1v) is 7.59. The number of amides is 3. The van der Waals surface area contributed by atoms with Crippen LogP contribution in [0.5, 0.6) is 11.5 Å². The van der Waals surface area contributed by atoms with Gasteiger partial charge in [0.05, 0.1) is 12.9 Å². The van der Waals surface area contributed by atoms with E-state index in [1.54, 1.807) is 31.4 Å². The van der Waals surface area contributed by atoms with E-state index in [9.17, 15) is 14.4 Å². The topological polar surface area (TPSA) is 84.9 Å². The van der Waals surface area contributed by atoms with Gasteiger partial charge in [0.25, 0.3) is 11.1 Å². The standard InChI is InChI=1S/C14H16N2O5S/c1-20-10-3-2-4-11(7-10)21-8-12(17)15-5-6-16-13(18)9-22-14(16)19/h2-4,7H,5-6,8-9H2,1H3,(H,15,17). The molecule has 1 fully saturated rings. The largest absolute Gasteiger partial charge is 0.497 e. The maximum atomic E-state index is 11.6. The average molecular weight is 324 g/mol. The lowest BCUT2D eigenvalue weighted by Gasteiger charge is -2.13. The number of thioether (sulfide) groups is 1. The van der Waals surface area contributed by atoms with E-state index in [-0.39, 0.29) is 42.5 Å². The molecule has 1 aromatic rings. The second-order valence-corrected chi connectivity index (χ2v) is 5.34. The van der Waals surface area contributed by atoms with Crippen LogP contribution in [0.3, 0.4) is 0 Å². The lowest BCUT2D eigenvalue weighted by atomic mass is 10.3. The third-order valence-electron chi connectivity index (χ3n) is 2.91. The van der Waals surface area contributed by atoms with Crippen molar-refractivity contribution < 1.29 is 23.9 Å². The maximum Gasteiger partial charge on any atom is 0.288 e. The molecule has 0 aliphatic carbocycles. The van der Waals surface area contributed by atoms with Crippen LogP contribution in [0.15, 0.2) is 24.3 Å². The molecule has 118 valence electrons. The minimum atomic E-state index is -0.324. The number of rotatable bonds is 7. The van der Waals surface area contributed by atoms with E-state index in [1.165, 1.54) is 0 Å². The fourth-order valence-electron chi connectivity index (χ4n) is 1.80. The highest BCUT2D eigenvalue weighted by Gasteiger charge is 2.29. The Morgan fingerprint density at radius 2 is 2.14 bits per heavy atom. The number of benzene rings is 1. The second-order valence-electron chi connectivity index (χ2n) is 4.42. The molecule has 0 aromatic heterocycles. The lowest BCUT2D eigenvalue weighted by molar-refractivity contribution is -0.126. The van der Waals surface area contributed by atoms with Crippen molar-refractivity contribution in [3.8, 4) is 11.5 Å². The smallest absolute Gasteiger partial charge is 0.288 e. The summed E-state index contributed by atoms with van der Waals surface area (Å²) in [5, 5.41) is 2.33. The highest BCUT2D eigenvalue weighted by molar-refractivity contribution is 8.14. The molecule has 1 saturated heterocycles. The van der Waals surface area contributed by atoms with Crippen molar-refractivity contribution in [1.82, 2.24) is 10.2 Å². The summed E-state index contributed by atoms with van der Waals surface area (Å²) in [4.78, 5) is 35.5. The number of carbonyl (C=O) groups is 3. The molecule has 0 saturated carbocycles. The zero-order valence-electron chi connectivity index (χ0n) is 12.0. The summed E-state index contributed by atoms with van der Waals surface area (Å²) in [5.41, 5.74) is 0. The second kappa shape index (κ2) is 7.69. The number of hydrogen-bond acceptors (Lipinski definition) is 6. The minimum absolute atomic E-state index is 0.149. The molecule has 1 aliphatic rings. The third-order valence-corrected chi connectivity index (χ3v) is 3.77. The number of ether oxygens (including phenoxy) is 2. The van der Waals surface area contributed by atoms with Crippen LogP contribution in [-0.2, 0) is 9.59 Å². The summed E-state index contributed by atoms with van der Waals surface area (Å²) in [6.07, 6.45) is 0. The molecule has 0 atom stereocenters. The van der Waals surface area contributed by atoms with Gasteiger partial charge in [-0.15, -0.1) is 0 Å². The van der Waals surface area contributed by atoms with E-state index in [4.69, 9.17) is 9.47 Å². The molecule has 1 aliphatic heterocycles. The molecular formula is C14H16N2O5S. The predicted molar refractivity (Wildman–Crippen MR) is 81.1 cm³/mol. The van der Waals surface area contributed by atoms with Crippen molar-refractivity contribution in [3.05, 3.63) is 24.3 Å². The van der Waals surface area contributed by atoms with Crippen LogP contribution >= 0.6 is 11.8 Å². The van der Waals surface area contributed by atoms with Gasteiger partial charge in [0.2, 0.25) is 5.91 Å². The van der Waals surface area contributed by atoms with Crippen LogP contribution in [0.2, 0.25) is 0 Å². The highest BCUT2D eigenvalue weighted by atomic mass is 32.2. The molecule has 0 unspecified atom stereocenters. The molecule has 1 aromatic carbocycles. The average Bonchev–Trinajstić information content (AvgIpc) is 2.85. The van der Waals surface area contributed by atoms with Gasteiger partial charge in [0, 0.05) is 19.2 Å².